The maximum absolute atomic E-state index is 12.2. The summed E-state index contributed by atoms with van der Waals surface area (Å²) in [6, 6.07) is 6.91. The Morgan fingerprint density at radius 1 is 1.35 bits per heavy atom. The summed E-state index contributed by atoms with van der Waals surface area (Å²) in [5.41, 5.74) is 1.15. The van der Waals surface area contributed by atoms with Gasteiger partial charge in [0.2, 0.25) is 0 Å². The third-order valence-corrected chi connectivity index (χ3v) is 4.68. The zero-order valence-electron chi connectivity index (χ0n) is 12.6. The Bertz CT molecular complexity index is 695. The lowest BCUT2D eigenvalue weighted by Crippen LogP contribution is -2.38. The number of amides is 1. The fraction of sp³-hybridized carbons (Fsp3) is 0.375. The minimum atomic E-state index is -0.158. The number of carbonyl (C=O) groups is 1. The molecule has 1 aliphatic rings. The highest BCUT2D eigenvalue weighted by atomic mass is 35.5. The molecule has 1 saturated heterocycles. The van der Waals surface area contributed by atoms with Crippen molar-refractivity contribution in [3.05, 3.63) is 46.2 Å². The van der Waals surface area contributed by atoms with E-state index in [9.17, 15) is 4.79 Å². The number of nitrogens with one attached hydrogen (secondary N) is 2. The molecule has 1 aromatic heterocycles. The fourth-order valence-corrected chi connectivity index (χ4v) is 2.93. The minimum absolute atomic E-state index is 0.158. The molecule has 2 heterocycles. The quantitative estimate of drug-likeness (QED) is 0.889. The van der Waals surface area contributed by atoms with Crippen LogP contribution in [0.15, 0.2) is 30.5 Å². The number of piperidine rings is 1. The Hall–Kier alpha value is -1.56. The van der Waals surface area contributed by atoms with Gasteiger partial charge in [0.15, 0.2) is 5.69 Å². The van der Waals surface area contributed by atoms with Crippen LogP contribution in [-0.4, -0.2) is 35.3 Å². The van der Waals surface area contributed by atoms with Crippen LogP contribution in [0.1, 0.15) is 23.3 Å². The summed E-state index contributed by atoms with van der Waals surface area (Å²) >= 11 is 11.9. The summed E-state index contributed by atoms with van der Waals surface area (Å²) in [7, 11) is 0. The zero-order chi connectivity index (χ0) is 16.2. The smallest absolute Gasteiger partial charge is 0.271 e. The first-order valence-corrected chi connectivity index (χ1v) is 8.39. The first-order chi connectivity index (χ1) is 11.1. The van der Waals surface area contributed by atoms with Crippen molar-refractivity contribution in [1.82, 2.24) is 20.4 Å². The highest BCUT2D eigenvalue weighted by Gasteiger charge is 2.16. The molecule has 122 valence electrons. The van der Waals surface area contributed by atoms with Crippen LogP contribution < -0.4 is 10.6 Å². The number of halogens is 2. The van der Waals surface area contributed by atoms with E-state index in [4.69, 9.17) is 23.2 Å². The lowest BCUT2D eigenvalue weighted by atomic mass is 10.00. The number of rotatable bonds is 4. The van der Waals surface area contributed by atoms with Crippen molar-refractivity contribution in [2.45, 2.75) is 12.8 Å². The van der Waals surface area contributed by atoms with Crippen LogP contribution in [0.25, 0.3) is 5.69 Å². The highest BCUT2D eigenvalue weighted by molar-refractivity contribution is 6.42. The van der Waals surface area contributed by atoms with Crippen LogP contribution in [-0.2, 0) is 0 Å². The highest BCUT2D eigenvalue weighted by Crippen LogP contribution is 2.24. The van der Waals surface area contributed by atoms with Crippen molar-refractivity contribution in [2.75, 3.05) is 19.6 Å². The number of nitrogens with zero attached hydrogens (tertiary/aromatic N) is 2. The number of carbonyl (C=O) groups excluding carboxylic acids is 1. The molecule has 0 radical (unpaired) electrons. The lowest BCUT2D eigenvalue weighted by Gasteiger charge is -2.22. The van der Waals surface area contributed by atoms with Crippen LogP contribution in [0, 0.1) is 5.92 Å². The van der Waals surface area contributed by atoms with E-state index < -0.39 is 0 Å². The van der Waals surface area contributed by atoms with Gasteiger partial charge < -0.3 is 10.6 Å². The number of aromatic nitrogens is 2. The SMILES string of the molecule is O=C(NCC1CCCNC1)c1ccn(-c2ccc(Cl)c(Cl)c2)n1. The van der Waals surface area contributed by atoms with Gasteiger partial charge in [-0.3, -0.25) is 4.79 Å². The van der Waals surface area contributed by atoms with E-state index in [-0.39, 0.29) is 5.91 Å². The van der Waals surface area contributed by atoms with E-state index in [0.29, 0.717) is 28.2 Å². The lowest BCUT2D eigenvalue weighted by molar-refractivity contribution is 0.0939. The zero-order valence-corrected chi connectivity index (χ0v) is 14.1. The third-order valence-electron chi connectivity index (χ3n) is 3.94. The molecule has 23 heavy (non-hydrogen) atoms. The molecule has 5 nitrogen and oxygen atoms in total. The van der Waals surface area contributed by atoms with E-state index >= 15 is 0 Å². The molecule has 7 heteroatoms. The van der Waals surface area contributed by atoms with Gasteiger partial charge in [0.25, 0.3) is 5.91 Å². The van der Waals surface area contributed by atoms with E-state index in [1.54, 1.807) is 35.1 Å². The topological polar surface area (TPSA) is 59.0 Å². The Morgan fingerprint density at radius 3 is 2.96 bits per heavy atom. The first-order valence-electron chi connectivity index (χ1n) is 7.63. The van der Waals surface area contributed by atoms with E-state index in [0.717, 1.165) is 31.6 Å². The van der Waals surface area contributed by atoms with Crippen LogP contribution in [0.2, 0.25) is 10.0 Å². The van der Waals surface area contributed by atoms with Crippen molar-refractivity contribution in [3.8, 4) is 5.69 Å². The second kappa shape index (κ2) is 7.34. The Labute approximate surface area is 145 Å². The van der Waals surface area contributed by atoms with Gasteiger partial charge in [-0.2, -0.15) is 5.10 Å². The average molecular weight is 353 g/mol. The molecule has 2 N–H and O–H groups in total. The minimum Gasteiger partial charge on any atom is -0.350 e. The standard InChI is InChI=1S/C16H18Cl2N4O/c17-13-4-3-12(8-14(13)18)22-7-5-15(21-22)16(23)20-10-11-2-1-6-19-9-11/h3-5,7-8,11,19H,1-2,6,9-10H2,(H,20,23). The van der Waals surface area contributed by atoms with Crippen molar-refractivity contribution in [3.63, 3.8) is 0 Å². The Morgan fingerprint density at radius 2 is 2.22 bits per heavy atom. The Balaban J connectivity index is 1.63. The van der Waals surface area contributed by atoms with Gasteiger partial charge >= 0.3 is 0 Å². The summed E-state index contributed by atoms with van der Waals surface area (Å²) in [5.74, 6) is 0.333. The number of hydrogen-bond acceptors (Lipinski definition) is 3. The summed E-state index contributed by atoms with van der Waals surface area (Å²) in [6.07, 6.45) is 4.04. The molecule has 1 unspecified atom stereocenters. The Kier molecular flexibility index (Phi) is 5.20. The molecule has 1 aromatic carbocycles. The molecule has 1 aliphatic heterocycles. The summed E-state index contributed by atoms with van der Waals surface area (Å²) in [4.78, 5) is 12.2. The second-order valence-electron chi connectivity index (χ2n) is 5.67. The molecule has 0 spiro atoms. The van der Waals surface area contributed by atoms with Crippen molar-refractivity contribution < 1.29 is 4.79 Å². The molecular formula is C16H18Cl2N4O. The van der Waals surface area contributed by atoms with Crippen molar-refractivity contribution >= 4 is 29.1 Å². The third kappa shape index (κ3) is 4.05. The van der Waals surface area contributed by atoms with Crippen LogP contribution in [0.4, 0.5) is 0 Å². The molecule has 1 amide bonds. The maximum atomic E-state index is 12.2. The van der Waals surface area contributed by atoms with Crippen molar-refractivity contribution in [2.24, 2.45) is 5.92 Å². The maximum Gasteiger partial charge on any atom is 0.271 e. The predicted molar refractivity (Wildman–Crippen MR) is 91.5 cm³/mol. The second-order valence-corrected chi connectivity index (χ2v) is 6.48. The van der Waals surface area contributed by atoms with Gasteiger partial charge in [0.1, 0.15) is 0 Å². The fourth-order valence-electron chi connectivity index (χ4n) is 2.64. The predicted octanol–water partition coefficient (Wildman–Crippen LogP) is 2.91. The number of hydrogen-bond donors (Lipinski definition) is 2. The van der Waals surface area contributed by atoms with Gasteiger partial charge in [-0.1, -0.05) is 23.2 Å². The summed E-state index contributed by atoms with van der Waals surface area (Å²) < 4.78 is 1.61. The molecule has 0 bridgehead atoms. The molecule has 1 atom stereocenters. The van der Waals surface area contributed by atoms with E-state index in [1.807, 2.05) is 0 Å². The largest absolute Gasteiger partial charge is 0.350 e. The van der Waals surface area contributed by atoms with Crippen LogP contribution in [0.5, 0.6) is 0 Å². The van der Waals surface area contributed by atoms with E-state index in [2.05, 4.69) is 15.7 Å². The molecule has 0 aliphatic carbocycles. The van der Waals surface area contributed by atoms with Gasteiger partial charge in [-0.25, -0.2) is 4.68 Å². The first kappa shape index (κ1) is 16.3. The molecular weight excluding hydrogens is 335 g/mol. The van der Waals surface area contributed by atoms with Gasteiger partial charge in [0.05, 0.1) is 15.7 Å². The van der Waals surface area contributed by atoms with Crippen molar-refractivity contribution in [1.29, 1.82) is 0 Å². The van der Waals surface area contributed by atoms with Gasteiger partial charge in [-0.15, -0.1) is 0 Å². The van der Waals surface area contributed by atoms with Gasteiger partial charge in [0, 0.05) is 12.7 Å². The molecule has 3 rings (SSSR count). The van der Waals surface area contributed by atoms with Crippen LogP contribution in [0.3, 0.4) is 0 Å². The summed E-state index contributed by atoms with van der Waals surface area (Å²) in [5, 5.41) is 11.5. The molecule has 0 saturated carbocycles. The normalized spacial score (nSPS) is 17.9. The van der Waals surface area contributed by atoms with Gasteiger partial charge in [-0.05, 0) is 56.1 Å². The number of benzene rings is 1. The molecule has 2 aromatic rings. The molecule has 1 fully saturated rings. The summed E-state index contributed by atoms with van der Waals surface area (Å²) in [6.45, 7) is 2.70. The van der Waals surface area contributed by atoms with Crippen LogP contribution >= 0.6 is 23.2 Å². The average Bonchev–Trinajstić information content (AvgIpc) is 3.06. The van der Waals surface area contributed by atoms with E-state index in [1.165, 1.54) is 0 Å². The monoisotopic (exact) mass is 352 g/mol.